The maximum Gasteiger partial charge on any atom is 0.407 e. The molecule has 0 heterocycles. The molecule has 0 spiro atoms. The molecule has 1 aliphatic carbocycles. The highest BCUT2D eigenvalue weighted by Gasteiger charge is 2.27. The largest absolute Gasteiger partial charge is 0.444 e. The van der Waals surface area contributed by atoms with Crippen molar-refractivity contribution in [1.82, 2.24) is 15.5 Å². The first-order valence-electron chi connectivity index (χ1n) is 9.05. The zero-order valence-corrected chi connectivity index (χ0v) is 15.9. The molecule has 1 saturated carbocycles. The molecule has 5 nitrogen and oxygen atoms in total. The van der Waals surface area contributed by atoms with Crippen LogP contribution < -0.4 is 10.6 Å². The van der Waals surface area contributed by atoms with Gasteiger partial charge >= 0.3 is 6.09 Å². The summed E-state index contributed by atoms with van der Waals surface area (Å²) in [5, 5.41) is 6.73. The number of ether oxygens (including phenoxy) is 1. The van der Waals surface area contributed by atoms with Crippen LogP contribution in [0.2, 0.25) is 0 Å². The molecule has 1 rings (SSSR count). The number of nitrogens with zero attached hydrogens (tertiary/aromatic N) is 1. The van der Waals surface area contributed by atoms with Gasteiger partial charge in [-0.15, -0.1) is 0 Å². The van der Waals surface area contributed by atoms with Crippen LogP contribution in [0.4, 0.5) is 4.79 Å². The fraction of sp³-hybridized carbons (Fsp3) is 0.944. The van der Waals surface area contributed by atoms with E-state index in [0.29, 0.717) is 24.5 Å². The molecular weight excluding hydrogens is 290 g/mol. The second-order valence-corrected chi connectivity index (χ2v) is 8.19. The Hall–Kier alpha value is -0.810. The van der Waals surface area contributed by atoms with Crippen molar-refractivity contribution in [1.29, 1.82) is 0 Å². The van der Waals surface area contributed by atoms with Gasteiger partial charge in [0.05, 0.1) is 0 Å². The third kappa shape index (κ3) is 9.16. The summed E-state index contributed by atoms with van der Waals surface area (Å²) in [6, 6.07) is 1.00. The Bertz CT molecular complexity index is 353. The maximum absolute atomic E-state index is 11.8. The second kappa shape index (κ2) is 9.48. The van der Waals surface area contributed by atoms with Crippen molar-refractivity contribution in [2.45, 2.75) is 77.5 Å². The molecule has 0 aliphatic heterocycles. The quantitative estimate of drug-likeness (QED) is 0.755. The fourth-order valence-electron chi connectivity index (χ4n) is 3.10. The van der Waals surface area contributed by atoms with E-state index in [1.54, 1.807) is 0 Å². The maximum atomic E-state index is 11.8. The zero-order chi connectivity index (χ0) is 17.5. The number of hydrogen-bond donors (Lipinski definition) is 2. The minimum absolute atomic E-state index is 0.303. The number of amides is 1. The topological polar surface area (TPSA) is 53.6 Å². The monoisotopic (exact) mass is 327 g/mol. The fourth-order valence-corrected chi connectivity index (χ4v) is 3.10. The molecule has 0 aromatic heterocycles. The smallest absolute Gasteiger partial charge is 0.407 e. The average molecular weight is 328 g/mol. The molecule has 5 heteroatoms. The Balaban J connectivity index is 2.40. The van der Waals surface area contributed by atoms with Crippen molar-refractivity contribution in [3.8, 4) is 0 Å². The molecule has 0 bridgehead atoms. The highest BCUT2D eigenvalue weighted by molar-refractivity contribution is 5.67. The van der Waals surface area contributed by atoms with Crippen LogP contribution in [0.1, 0.15) is 59.8 Å². The Labute approximate surface area is 142 Å². The van der Waals surface area contributed by atoms with Crippen LogP contribution in [0, 0.1) is 5.92 Å². The molecule has 1 aliphatic rings. The third-order valence-electron chi connectivity index (χ3n) is 4.32. The first kappa shape index (κ1) is 20.2. The van der Waals surface area contributed by atoms with Gasteiger partial charge in [-0.3, -0.25) is 0 Å². The van der Waals surface area contributed by atoms with Gasteiger partial charge in [0.25, 0.3) is 0 Å². The molecule has 0 saturated heterocycles. The van der Waals surface area contributed by atoms with E-state index in [1.165, 1.54) is 25.7 Å². The van der Waals surface area contributed by atoms with Gasteiger partial charge < -0.3 is 20.3 Å². The molecule has 0 aromatic rings. The molecule has 136 valence electrons. The SMILES string of the molecule is CC(CCN(C)C)NC1CCCCC1CNC(=O)OC(C)(C)C. The van der Waals surface area contributed by atoms with Gasteiger partial charge in [0.15, 0.2) is 0 Å². The first-order valence-corrected chi connectivity index (χ1v) is 9.05. The van der Waals surface area contributed by atoms with Crippen molar-refractivity contribution in [2.24, 2.45) is 5.92 Å². The molecule has 0 aromatic carbocycles. The van der Waals surface area contributed by atoms with E-state index in [2.05, 4.69) is 36.6 Å². The summed E-state index contributed by atoms with van der Waals surface area (Å²) >= 11 is 0. The van der Waals surface area contributed by atoms with E-state index in [0.717, 1.165) is 13.0 Å². The molecule has 1 fully saturated rings. The van der Waals surface area contributed by atoms with Gasteiger partial charge in [-0.2, -0.15) is 0 Å². The predicted octanol–water partition coefficient (Wildman–Crippen LogP) is 3.00. The number of carbonyl (C=O) groups is 1. The van der Waals surface area contributed by atoms with E-state index in [-0.39, 0.29) is 6.09 Å². The highest BCUT2D eigenvalue weighted by atomic mass is 16.6. The Kier molecular flexibility index (Phi) is 8.34. The van der Waals surface area contributed by atoms with Gasteiger partial charge in [0, 0.05) is 18.6 Å². The second-order valence-electron chi connectivity index (χ2n) is 8.19. The van der Waals surface area contributed by atoms with E-state index >= 15 is 0 Å². The van der Waals surface area contributed by atoms with Crippen molar-refractivity contribution >= 4 is 6.09 Å². The summed E-state index contributed by atoms with van der Waals surface area (Å²) in [6.45, 7) is 9.74. The summed E-state index contributed by atoms with van der Waals surface area (Å²) < 4.78 is 5.33. The highest BCUT2D eigenvalue weighted by Crippen LogP contribution is 2.24. The third-order valence-corrected chi connectivity index (χ3v) is 4.32. The lowest BCUT2D eigenvalue weighted by molar-refractivity contribution is 0.0510. The first-order chi connectivity index (χ1) is 10.7. The average Bonchev–Trinajstić information content (AvgIpc) is 2.42. The standard InChI is InChI=1S/C18H37N3O2/c1-14(11-12-21(5)6)20-16-10-8-7-9-15(16)13-19-17(22)23-18(2,3)4/h14-16,20H,7-13H2,1-6H3,(H,19,22). The molecule has 0 radical (unpaired) electrons. The molecule has 1 amide bonds. The van der Waals surface area contributed by atoms with Crippen LogP contribution in [-0.2, 0) is 4.74 Å². The molecule has 2 N–H and O–H groups in total. The minimum Gasteiger partial charge on any atom is -0.444 e. The van der Waals surface area contributed by atoms with Gasteiger partial charge in [-0.05, 0) is 73.5 Å². The van der Waals surface area contributed by atoms with E-state index in [1.807, 2.05) is 20.8 Å². The van der Waals surface area contributed by atoms with Crippen molar-refractivity contribution in [2.75, 3.05) is 27.2 Å². The molecule has 23 heavy (non-hydrogen) atoms. The zero-order valence-electron chi connectivity index (χ0n) is 15.9. The summed E-state index contributed by atoms with van der Waals surface area (Å²) in [5.74, 6) is 0.498. The number of alkyl carbamates (subject to hydrolysis) is 1. The lowest BCUT2D eigenvalue weighted by atomic mass is 9.84. The van der Waals surface area contributed by atoms with Crippen LogP contribution in [-0.4, -0.2) is 55.9 Å². The molecule has 3 atom stereocenters. The van der Waals surface area contributed by atoms with Gasteiger partial charge in [0.1, 0.15) is 5.60 Å². The number of carbonyl (C=O) groups excluding carboxylic acids is 1. The Morgan fingerprint density at radius 3 is 2.52 bits per heavy atom. The lowest BCUT2D eigenvalue weighted by Gasteiger charge is -2.35. The number of nitrogens with one attached hydrogen (secondary N) is 2. The summed E-state index contributed by atoms with van der Waals surface area (Å²) in [4.78, 5) is 14.1. The Morgan fingerprint density at radius 1 is 1.26 bits per heavy atom. The number of rotatable bonds is 7. The summed E-state index contributed by atoms with van der Waals surface area (Å²) in [5.41, 5.74) is -0.436. The van der Waals surface area contributed by atoms with Crippen molar-refractivity contribution in [3.63, 3.8) is 0 Å². The predicted molar refractivity (Wildman–Crippen MR) is 95.8 cm³/mol. The molecule has 3 unspecified atom stereocenters. The summed E-state index contributed by atoms with van der Waals surface area (Å²) in [6.07, 6.45) is 5.75. The normalized spacial score (nSPS) is 23.6. The van der Waals surface area contributed by atoms with Crippen LogP contribution >= 0.6 is 0 Å². The minimum atomic E-state index is -0.436. The van der Waals surface area contributed by atoms with Gasteiger partial charge in [0.2, 0.25) is 0 Å². The van der Waals surface area contributed by atoms with E-state index in [4.69, 9.17) is 4.74 Å². The van der Waals surface area contributed by atoms with Crippen molar-refractivity contribution in [3.05, 3.63) is 0 Å². The summed E-state index contributed by atoms with van der Waals surface area (Å²) in [7, 11) is 4.22. The van der Waals surface area contributed by atoms with Crippen molar-refractivity contribution < 1.29 is 9.53 Å². The van der Waals surface area contributed by atoms with Gasteiger partial charge in [-0.25, -0.2) is 4.79 Å². The van der Waals surface area contributed by atoms with Crippen LogP contribution in [0.15, 0.2) is 0 Å². The van der Waals surface area contributed by atoms with Gasteiger partial charge in [-0.1, -0.05) is 12.8 Å². The van der Waals surface area contributed by atoms with E-state index < -0.39 is 5.60 Å². The van der Waals surface area contributed by atoms with Crippen LogP contribution in [0.5, 0.6) is 0 Å². The van der Waals surface area contributed by atoms with E-state index in [9.17, 15) is 4.79 Å². The van der Waals surface area contributed by atoms with Crippen LogP contribution in [0.25, 0.3) is 0 Å². The lowest BCUT2D eigenvalue weighted by Crippen LogP contribution is -2.48. The molecular formula is C18H37N3O2. The Morgan fingerprint density at radius 2 is 1.91 bits per heavy atom. The number of hydrogen-bond acceptors (Lipinski definition) is 4. The van der Waals surface area contributed by atoms with Crippen LogP contribution in [0.3, 0.4) is 0 Å².